The Bertz CT molecular complexity index is 575. The Kier molecular flexibility index (Phi) is 3.69. The number of hydrogen-bond acceptors (Lipinski definition) is 4. The Morgan fingerprint density at radius 1 is 1.30 bits per heavy atom. The molecule has 1 aliphatic heterocycles. The molecular formula is C15H20N4O. The summed E-state index contributed by atoms with van der Waals surface area (Å²) in [5.41, 5.74) is 2.36. The molecule has 0 radical (unpaired) electrons. The molecule has 1 atom stereocenters. The van der Waals surface area contributed by atoms with Crippen molar-refractivity contribution in [1.29, 1.82) is 0 Å². The second-order valence-electron chi connectivity index (χ2n) is 5.22. The molecule has 1 aliphatic rings. The van der Waals surface area contributed by atoms with Crippen molar-refractivity contribution in [1.82, 2.24) is 20.1 Å². The first-order valence-corrected chi connectivity index (χ1v) is 7.08. The summed E-state index contributed by atoms with van der Waals surface area (Å²) in [6, 6.07) is 9.30. The number of aromatic nitrogens is 3. The summed E-state index contributed by atoms with van der Waals surface area (Å²) in [5, 5.41) is 6.90. The zero-order chi connectivity index (χ0) is 13.9. The first-order valence-electron chi connectivity index (χ1n) is 7.08. The van der Waals surface area contributed by atoms with Crippen LogP contribution in [0.1, 0.15) is 31.4 Å². The van der Waals surface area contributed by atoms with E-state index in [4.69, 9.17) is 4.74 Å². The number of H-pyrrole nitrogens is 1. The van der Waals surface area contributed by atoms with Gasteiger partial charge in [0.1, 0.15) is 0 Å². The Morgan fingerprint density at radius 2 is 2.10 bits per heavy atom. The molecule has 0 unspecified atom stereocenters. The van der Waals surface area contributed by atoms with Gasteiger partial charge >= 0.3 is 6.01 Å². The monoisotopic (exact) mass is 272 g/mol. The summed E-state index contributed by atoms with van der Waals surface area (Å²) in [6.07, 6.45) is 2.62. The van der Waals surface area contributed by atoms with E-state index in [1.807, 2.05) is 6.07 Å². The molecule has 1 aromatic carbocycles. The average molecular weight is 272 g/mol. The van der Waals surface area contributed by atoms with Crippen molar-refractivity contribution in [3.05, 3.63) is 29.8 Å². The molecule has 0 saturated carbocycles. The standard InChI is InChI=1S/C15H20N4O/c1-11(19-8-3-4-9-19)12-6-5-7-13(10-12)14-16-15(20-2)18-17-14/h5-7,10-11H,3-4,8-9H2,1-2H3,(H,16,17,18)/t11-/m0/s1. The number of methoxy groups -OCH3 is 1. The molecule has 1 fully saturated rings. The smallest absolute Gasteiger partial charge is 0.335 e. The predicted octanol–water partition coefficient (Wildman–Crippen LogP) is 2.64. The SMILES string of the molecule is COc1n[nH]c(-c2cccc([C@H](C)N3CCCC3)c2)n1. The van der Waals surface area contributed by atoms with Gasteiger partial charge < -0.3 is 4.74 Å². The van der Waals surface area contributed by atoms with Gasteiger partial charge in [0.15, 0.2) is 5.82 Å². The summed E-state index contributed by atoms with van der Waals surface area (Å²) in [7, 11) is 1.57. The first-order chi connectivity index (χ1) is 9.78. The Balaban J connectivity index is 1.85. The van der Waals surface area contributed by atoms with Crippen molar-refractivity contribution in [3.8, 4) is 17.4 Å². The molecule has 5 nitrogen and oxygen atoms in total. The molecule has 1 saturated heterocycles. The minimum atomic E-state index is 0.373. The number of ether oxygens (including phenoxy) is 1. The van der Waals surface area contributed by atoms with Crippen LogP contribution < -0.4 is 4.74 Å². The topological polar surface area (TPSA) is 54.0 Å². The van der Waals surface area contributed by atoms with Crippen LogP contribution in [0.25, 0.3) is 11.4 Å². The van der Waals surface area contributed by atoms with E-state index in [9.17, 15) is 0 Å². The van der Waals surface area contributed by atoms with Gasteiger partial charge in [-0.25, -0.2) is 0 Å². The van der Waals surface area contributed by atoms with Crippen LogP contribution in [0, 0.1) is 0 Å². The van der Waals surface area contributed by atoms with Gasteiger partial charge in [0.2, 0.25) is 0 Å². The molecule has 106 valence electrons. The number of aromatic amines is 1. The van der Waals surface area contributed by atoms with Crippen LogP contribution in [0.4, 0.5) is 0 Å². The van der Waals surface area contributed by atoms with Gasteiger partial charge in [-0.3, -0.25) is 10.00 Å². The lowest BCUT2D eigenvalue weighted by atomic mass is 10.0. The van der Waals surface area contributed by atoms with Gasteiger partial charge in [-0.05, 0) is 44.5 Å². The van der Waals surface area contributed by atoms with Crippen LogP contribution in [0.3, 0.4) is 0 Å². The molecule has 0 amide bonds. The van der Waals surface area contributed by atoms with Gasteiger partial charge in [0, 0.05) is 11.6 Å². The third-order valence-corrected chi connectivity index (χ3v) is 3.98. The average Bonchev–Trinajstić information content (AvgIpc) is 3.17. The van der Waals surface area contributed by atoms with E-state index in [1.54, 1.807) is 7.11 Å². The van der Waals surface area contributed by atoms with Crippen molar-refractivity contribution in [3.63, 3.8) is 0 Å². The summed E-state index contributed by atoms with van der Waals surface area (Å²) in [6.45, 7) is 4.66. The van der Waals surface area contributed by atoms with Gasteiger partial charge in [0.25, 0.3) is 0 Å². The molecule has 2 heterocycles. The molecule has 20 heavy (non-hydrogen) atoms. The quantitative estimate of drug-likeness (QED) is 0.929. The molecule has 1 aromatic heterocycles. The van der Waals surface area contributed by atoms with Crippen molar-refractivity contribution < 1.29 is 4.74 Å². The fourth-order valence-corrected chi connectivity index (χ4v) is 2.75. The van der Waals surface area contributed by atoms with E-state index < -0.39 is 0 Å². The molecule has 0 aliphatic carbocycles. The van der Waals surface area contributed by atoms with Crippen molar-refractivity contribution in [2.75, 3.05) is 20.2 Å². The number of likely N-dealkylation sites (tertiary alicyclic amines) is 1. The number of nitrogens with zero attached hydrogens (tertiary/aromatic N) is 3. The molecule has 5 heteroatoms. The van der Waals surface area contributed by atoms with E-state index in [1.165, 1.54) is 31.5 Å². The van der Waals surface area contributed by atoms with Crippen LogP contribution >= 0.6 is 0 Å². The normalized spacial score (nSPS) is 17.3. The van der Waals surface area contributed by atoms with E-state index >= 15 is 0 Å². The van der Waals surface area contributed by atoms with E-state index in [2.05, 4.69) is 45.2 Å². The number of benzene rings is 1. The first kappa shape index (κ1) is 13.1. The van der Waals surface area contributed by atoms with Crippen LogP contribution in [-0.2, 0) is 0 Å². The Morgan fingerprint density at radius 3 is 2.80 bits per heavy atom. The molecule has 1 N–H and O–H groups in total. The maximum atomic E-state index is 5.01. The maximum absolute atomic E-state index is 5.01. The highest BCUT2D eigenvalue weighted by Gasteiger charge is 2.19. The van der Waals surface area contributed by atoms with E-state index in [0.717, 1.165) is 11.4 Å². The molecule has 0 bridgehead atoms. The van der Waals surface area contributed by atoms with Gasteiger partial charge in [-0.1, -0.05) is 18.2 Å². The number of hydrogen-bond donors (Lipinski definition) is 1. The number of rotatable bonds is 4. The molecule has 2 aromatic rings. The van der Waals surface area contributed by atoms with Crippen LogP contribution in [0.5, 0.6) is 6.01 Å². The lowest BCUT2D eigenvalue weighted by Crippen LogP contribution is -2.23. The lowest BCUT2D eigenvalue weighted by Gasteiger charge is -2.24. The van der Waals surface area contributed by atoms with E-state index in [-0.39, 0.29) is 0 Å². The second kappa shape index (κ2) is 5.63. The summed E-state index contributed by atoms with van der Waals surface area (Å²) >= 11 is 0. The summed E-state index contributed by atoms with van der Waals surface area (Å²) < 4.78 is 5.01. The van der Waals surface area contributed by atoms with Crippen molar-refractivity contribution in [2.45, 2.75) is 25.8 Å². The minimum Gasteiger partial charge on any atom is -0.466 e. The van der Waals surface area contributed by atoms with Crippen molar-refractivity contribution in [2.24, 2.45) is 0 Å². The lowest BCUT2D eigenvalue weighted by molar-refractivity contribution is 0.263. The molecular weight excluding hydrogens is 252 g/mol. The third kappa shape index (κ3) is 2.54. The fourth-order valence-electron chi connectivity index (χ4n) is 2.75. The van der Waals surface area contributed by atoms with E-state index in [0.29, 0.717) is 12.1 Å². The highest BCUT2D eigenvalue weighted by Crippen LogP contribution is 2.27. The minimum absolute atomic E-state index is 0.373. The Hall–Kier alpha value is -1.88. The molecule has 0 spiro atoms. The van der Waals surface area contributed by atoms with Gasteiger partial charge in [0.05, 0.1) is 7.11 Å². The second-order valence-corrected chi connectivity index (χ2v) is 5.22. The van der Waals surface area contributed by atoms with Crippen LogP contribution in [-0.4, -0.2) is 40.3 Å². The predicted molar refractivity (Wildman–Crippen MR) is 77.6 cm³/mol. The molecule has 3 rings (SSSR count). The maximum Gasteiger partial charge on any atom is 0.335 e. The zero-order valence-corrected chi connectivity index (χ0v) is 12.0. The summed E-state index contributed by atoms with van der Waals surface area (Å²) in [5.74, 6) is 0.748. The largest absolute Gasteiger partial charge is 0.466 e. The van der Waals surface area contributed by atoms with Crippen LogP contribution in [0.2, 0.25) is 0 Å². The third-order valence-electron chi connectivity index (χ3n) is 3.98. The van der Waals surface area contributed by atoms with Gasteiger partial charge in [-0.15, -0.1) is 5.10 Å². The fraction of sp³-hybridized carbons (Fsp3) is 0.467. The highest BCUT2D eigenvalue weighted by atomic mass is 16.5. The highest BCUT2D eigenvalue weighted by molar-refractivity contribution is 5.56. The zero-order valence-electron chi connectivity index (χ0n) is 12.0. The van der Waals surface area contributed by atoms with Crippen LogP contribution in [0.15, 0.2) is 24.3 Å². The van der Waals surface area contributed by atoms with Crippen molar-refractivity contribution >= 4 is 0 Å². The number of nitrogens with one attached hydrogen (secondary N) is 1. The van der Waals surface area contributed by atoms with Gasteiger partial charge in [-0.2, -0.15) is 4.98 Å². The Labute approximate surface area is 119 Å². The summed E-state index contributed by atoms with van der Waals surface area (Å²) in [4.78, 5) is 6.82.